The first-order valence-electron chi connectivity index (χ1n) is 6.15. The lowest BCUT2D eigenvalue weighted by molar-refractivity contribution is -0.384. The molecule has 1 N–H and O–H groups in total. The summed E-state index contributed by atoms with van der Waals surface area (Å²) in [5.74, 6) is -0.0275. The zero-order chi connectivity index (χ0) is 14.5. The van der Waals surface area contributed by atoms with Crippen LogP contribution in [0, 0.1) is 22.9 Å². The van der Waals surface area contributed by atoms with E-state index in [1.165, 1.54) is 18.2 Å². The van der Waals surface area contributed by atoms with Crippen LogP contribution < -0.4 is 5.32 Å². The molecule has 5 nitrogen and oxygen atoms in total. The molecule has 0 fully saturated rings. The summed E-state index contributed by atoms with van der Waals surface area (Å²) in [6.45, 7) is 2.24. The van der Waals surface area contributed by atoms with Crippen molar-refractivity contribution in [3.8, 4) is 0 Å². The van der Waals surface area contributed by atoms with Crippen LogP contribution in [0.4, 0.5) is 15.9 Å². The van der Waals surface area contributed by atoms with E-state index < -0.39 is 4.92 Å². The van der Waals surface area contributed by atoms with Gasteiger partial charge in [0.1, 0.15) is 5.82 Å². The second-order valence-corrected chi connectivity index (χ2v) is 4.44. The summed E-state index contributed by atoms with van der Waals surface area (Å²) >= 11 is 0. The van der Waals surface area contributed by atoms with Crippen molar-refractivity contribution in [3.05, 3.63) is 63.6 Å². The van der Waals surface area contributed by atoms with Crippen molar-refractivity contribution in [2.45, 2.75) is 13.3 Å². The number of hydrogen-bond donors (Lipinski definition) is 1. The average molecular weight is 275 g/mol. The molecule has 2 rings (SSSR count). The van der Waals surface area contributed by atoms with Crippen LogP contribution in [-0.2, 0) is 6.42 Å². The lowest BCUT2D eigenvalue weighted by Crippen LogP contribution is -2.08. The Bertz CT molecular complexity index is 614. The minimum Gasteiger partial charge on any atom is -0.364 e. The van der Waals surface area contributed by atoms with Crippen LogP contribution in [-0.4, -0.2) is 16.5 Å². The molecule has 0 aliphatic rings. The summed E-state index contributed by atoms with van der Waals surface area (Å²) in [4.78, 5) is 14.5. The fourth-order valence-corrected chi connectivity index (χ4v) is 1.81. The number of aromatic nitrogens is 1. The minimum absolute atomic E-state index is 0.0379. The van der Waals surface area contributed by atoms with E-state index in [0.717, 1.165) is 11.1 Å². The van der Waals surface area contributed by atoms with Crippen molar-refractivity contribution in [3.63, 3.8) is 0 Å². The first-order valence-corrected chi connectivity index (χ1v) is 6.15. The quantitative estimate of drug-likeness (QED) is 0.672. The molecule has 0 spiro atoms. The number of nitrogens with one attached hydrogen (secondary N) is 1. The Morgan fingerprint density at radius 3 is 2.70 bits per heavy atom. The molecular weight excluding hydrogens is 261 g/mol. The molecule has 0 bridgehead atoms. The molecule has 0 saturated heterocycles. The Hall–Kier alpha value is -2.50. The van der Waals surface area contributed by atoms with Crippen LogP contribution in [0.25, 0.3) is 0 Å². The molecule has 0 unspecified atom stereocenters. The minimum atomic E-state index is -0.458. The molecule has 1 aromatic carbocycles. The second-order valence-electron chi connectivity index (χ2n) is 4.44. The van der Waals surface area contributed by atoms with Crippen LogP contribution in [0.2, 0.25) is 0 Å². The summed E-state index contributed by atoms with van der Waals surface area (Å²) in [7, 11) is 0. The van der Waals surface area contributed by atoms with E-state index in [2.05, 4.69) is 10.3 Å². The molecule has 1 heterocycles. The highest BCUT2D eigenvalue weighted by atomic mass is 19.1. The van der Waals surface area contributed by atoms with Gasteiger partial charge in [-0.1, -0.05) is 12.1 Å². The molecule has 6 heteroatoms. The van der Waals surface area contributed by atoms with Crippen LogP contribution in [0.1, 0.15) is 11.1 Å². The molecule has 0 amide bonds. The topological polar surface area (TPSA) is 68.1 Å². The van der Waals surface area contributed by atoms with Gasteiger partial charge in [-0.3, -0.25) is 10.1 Å². The summed E-state index contributed by atoms with van der Waals surface area (Å²) in [6, 6.07) is 7.64. The van der Waals surface area contributed by atoms with E-state index in [-0.39, 0.29) is 17.3 Å². The first kappa shape index (κ1) is 13.9. The maximum atomic E-state index is 12.8. The van der Waals surface area contributed by atoms with Gasteiger partial charge in [0.15, 0.2) is 0 Å². The van der Waals surface area contributed by atoms with Crippen molar-refractivity contribution in [2.75, 3.05) is 11.9 Å². The van der Waals surface area contributed by atoms with Gasteiger partial charge < -0.3 is 5.32 Å². The third kappa shape index (κ3) is 3.50. The molecular formula is C14H14FN3O2. The van der Waals surface area contributed by atoms with Gasteiger partial charge in [-0.2, -0.15) is 0 Å². The summed E-state index contributed by atoms with van der Waals surface area (Å²) in [5, 5.41) is 13.9. The van der Waals surface area contributed by atoms with E-state index in [0.29, 0.717) is 13.0 Å². The van der Waals surface area contributed by atoms with Gasteiger partial charge in [-0.25, -0.2) is 9.37 Å². The summed E-state index contributed by atoms with van der Waals surface area (Å²) in [5.41, 5.74) is 1.65. The molecule has 0 atom stereocenters. The Morgan fingerprint density at radius 2 is 2.05 bits per heavy atom. The van der Waals surface area contributed by atoms with Gasteiger partial charge >= 0.3 is 5.69 Å². The normalized spacial score (nSPS) is 10.3. The number of pyridine rings is 1. The highest BCUT2D eigenvalue weighted by molar-refractivity contribution is 5.56. The van der Waals surface area contributed by atoms with E-state index in [9.17, 15) is 14.5 Å². The number of rotatable bonds is 5. The maximum Gasteiger partial charge on any atom is 0.311 e. The lowest BCUT2D eigenvalue weighted by atomic mass is 10.1. The number of nitro groups is 1. The smallest absolute Gasteiger partial charge is 0.311 e. The van der Waals surface area contributed by atoms with Gasteiger partial charge in [0.2, 0.25) is 5.82 Å². The number of hydrogen-bond acceptors (Lipinski definition) is 4. The molecule has 1 aromatic heterocycles. The van der Waals surface area contributed by atoms with Crippen LogP contribution in [0.5, 0.6) is 0 Å². The molecule has 0 aliphatic carbocycles. The van der Waals surface area contributed by atoms with Crippen molar-refractivity contribution >= 4 is 11.5 Å². The van der Waals surface area contributed by atoms with Crippen LogP contribution in [0.15, 0.2) is 36.5 Å². The van der Waals surface area contributed by atoms with Crippen molar-refractivity contribution in [1.82, 2.24) is 4.98 Å². The van der Waals surface area contributed by atoms with Gasteiger partial charge in [0.05, 0.1) is 4.92 Å². The van der Waals surface area contributed by atoms with Crippen molar-refractivity contribution in [2.24, 2.45) is 0 Å². The van der Waals surface area contributed by atoms with Gasteiger partial charge in [0, 0.05) is 18.8 Å². The predicted molar refractivity (Wildman–Crippen MR) is 74.2 cm³/mol. The van der Waals surface area contributed by atoms with Gasteiger partial charge in [-0.05, 0) is 36.6 Å². The number of anilines is 1. The number of benzene rings is 1. The van der Waals surface area contributed by atoms with Crippen LogP contribution >= 0.6 is 0 Å². The summed E-state index contributed by atoms with van der Waals surface area (Å²) < 4.78 is 12.8. The van der Waals surface area contributed by atoms with Gasteiger partial charge in [0.25, 0.3) is 0 Å². The fourth-order valence-electron chi connectivity index (χ4n) is 1.81. The van der Waals surface area contributed by atoms with E-state index in [4.69, 9.17) is 0 Å². The standard InChI is InChI=1S/C14H14FN3O2/c1-10-8-13(18(19)20)14(17-9-10)16-7-6-11-2-4-12(15)5-3-11/h2-5,8-9H,6-7H2,1H3,(H,16,17). The average Bonchev–Trinajstić information content (AvgIpc) is 2.42. The van der Waals surface area contributed by atoms with Crippen LogP contribution in [0.3, 0.4) is 0 Å². The fraction of sp³-hybridized carbons (Fsp3) is 0.214. The largest absolute Gasteiger partial charge is 0.364 e. The van der Waals surface area contributed by atoms with E-state index in [1.807, 2.05) is 0 Å². The molecule has 0 saturated carbocycles. The Kier molecular flexibility index (Phi) is 4.24. The SMILES string of the molecule is Cc1cnc(NCCc2ccc(F)cc2)c([N+](=O)[O-])c1. The number of nitrogens with zero attached hydrogens (tertiary/aromatic N) is 2. The highest BCUT2D eigenvalue weighted by Crippen LogP contribution is 2.22. The first-order chi connectivity index (χ1) is 9.56. The van der Waals surface area contributed by atoms with Crippen molar-refractivity contribution < 1.29 is 9.31 Å². The monoisotopic (exact) mass is 275 g/mol. The van der Waals surface area contributed by atoms with Gasteiger partial charge in [-0.15, -0.1) is 0 Å². The predicted octanol–water partition coefficient (Wildman–Crippen LogP) is 3.09. The Balaban J connectivity index is 2.00. The third-order valence-electron chi connectivity index (χ3n) is 2.82. The maximum absolute atomic E-state index is 12.8. The highest BCUT2D eigenvalue weighted by Gasteiger charge is 2.14. The third-order valence-corrected chi connectivity index (χ3v) is 2.82. The lowest BCUT2D eigenvalue weighted by Gasteiger charge is -2.06. The number of halogens is 1. The zero-order valence-corrected chi connectivity index (χ0v) is 11.0. The zero-order valence-electron chi connectivity index (χ0n) is 11.0. The summed E-state index contributed by atoms with van der Waals surface area (Å²) in [6.07, 6.45) is 2.21. The molecule has 0 radical (unpaired) electrons. The Labute approximate surface area is 115 Å². The van der Waals surface area contributed by atoms with Crippen molar-refractivity contribution in [1.29, 1.82) is 0 Å². The van der Waals surface area contributed by atoms with E-state index in [1.54, 1.807) is 25.3 Å². The molecule has 0 aliphatic heterocycles. The number of aryl methyl sites for hydroxylation is 1. The molecule has 20 heavy (non-hydrogen) atoms. The Morgan fingerprint density at radius 1 is 1.35 bits per heavy atom. The van der Waals surface area contributed by atoms with E-state index >= 15 is 0 Å². The molecule has 104 valence electrons. The second kappa shape index (κ2) is 6.10. The molecule has 2 aromatic rings.